The second kappa shape index (κ2) is 5.97. The lowest BCUT2D eigenvalue weighted by Gasteiger charge is -2.16. The molecule has 0 bridgehead atoms. The van der Waals surface area contributed by atoms with Gasteiger partial charge in [0, 0.05) is 13.6 Å². The van der Waals surface area contributed by atoms with E-state index in [1.54, 1.807) is 31.3 Å². The highest BCUT2D eigenvalue weighted by molar-refractivity contribution is 5.67. The smallest absolute Gasteiger partial charge is 0.409 e. The Hall–Kier alpha value is -1.75. The number of aromatic hydroxyl groups is 1. The van der Waals surface area contributed by atoms with Gasteiger partial charge in [0.1, 0.15) is 12.4 Å². The summed E-state index contributed by atoms with van der Waals surface area (Å²) < 4.78 is 4.73. The van der Waals surface area contributed by atoms with Crippen molar-refractivity contribution in [2.75, 3.05) is 20.3 Å². The van der Waals surface area contributed by atoms with Gasteiger partial charge in [0.05, 0.1) is 6.61 Å². The van der Waals surface area contributed by atoms with Crippen molar-refractivity contribution < 1.29 is 19.7 Å². The van der Waals surface area contributed by atoms with E-state index < -0.39 is 6.09 Å². The van der Waals surface area contributed by atoms with Crippen molar-refractivity contribution in [3.8, 4) is 5.75 Å². The molecule has 0 aliphatic heterocycles. The molecule has 0 fully saturated rings. The Labute approximate surface area is 93.9 Å². The monoisotopic (exact) mass is 225 g/mol. The SMILES string of the molecule is CN(Cc1cccc(O)c1)C(=O)OCCO. The number of phenols is 1. The van der Waals surface area contributed by atoms with Gasteiger partial charge in [-0.2, -0.15) is 0 Å². The molecule has 1 aromatic rings. The van der Waals surface area contributed by atoms with Crippen LogP contribution in [0.2, 0.25) is 0 Å². The summed E-state index contributed by atoms with van der Waals surface area (Å²) in [5.41, 5.74) is 0.809. The van der Waals surface area contributed by atoms with Crippen LogP contribution in [-0.4, -0.2) is 41.5 Å². The summed E-state index contributed by atoms with van der Waals surface area (Å²) in [7, 11) is 1.59. The maximum Gasteiger partial charge on any atom is 0.409 e. The molecule has 5 nitrogen and oxygen atoms in total. The first-order chi connectivity index (χ1) is 7.63. The molecule has 1 amide bonds. The normalized spacial score (nSPS) is 9.88. The molecular weight excluding hydrogens is 210 g/mol. The zero-order valence-electron chi connectivity index (χ0n) is 9.09. The van der Waals surface area contributed by atoms with Gasteiger partial charge in [0.15, 0.2) is 0 Å². The Kier molecular flexibility index (Phi) is 4.60. The first-order valence-corrected chi connectivity index (χ1v) is 4.90. The minimum absolute atomic E-state index is 0.0107. The number of carbonyl (C=O) groups excluding carboxylic acids is 1. The molecule has 0 heterocycles. The number of carbonyl (C=O) groups is 1. The molecule has 0 saturated carbocycles. The van der Waals surface area contributed by atoms with E-state index in [0.717, 1.165) is 5.56 Å². The van der Waals surface area contributed by atoms with Gasteiger partial charge < -0.3 is 19.8 Å². The van der Waals surface area contributed by atoms with E-state index in [1.807, 2.05) is 0 Å². The topological polar surface area (TPSA) is 70.0 Å². The second-order valence-electron chi connectivity index (χ2n) is 3.36. The molecule has 88 valence electrons. The first-order valence-electron chi connectivity index (χ1n) is 4.90. The van der Waals surface area contributed by atoms with Crippen LogP contribution in [0.5, 0.6) is 5.75 Å². The van der Waals surface area contributed by atoms with Crippen LogP contribution in [0.1, 0.15) is 5.56 Å². The van der Waals surface area contributed by atoms with Gasteiger partial charge in [-0.15, -0.1) is 0 Å². The Morgan fingerprint density at radius 1 is 1.50 bits per heavy atom. The molecule has 0 spiro atoms. The van der Waals surface area contributed by atoms with Crippen LogP contribution in [0.15, 0.2) is 24.3 Å². The van der Waals surface area contributed by atoms with Crippen molar-refractivity contribution in [3.63, 3.8) is 0 Å². The third-order valence-corrected chi connectivity index (χ3v) is 1.96. The number of ether oxygens (including phenoxy) is 1. The van der Waals surface area contributed by atoms with Crippen LogP contribution in [0.4, 0.5) is 4.79 Å². The largest absolute Gasteiger partial charge is 0.508 e. The zero-order valence-corrected chi connectivity index (χ0v) is 9.09. The van der Waals surface area contributed by atoms with Crippen LogP contribution in [0, 0.1) is 0 Å². The number of rotatable bonds is 4. The van der Waals surface area contributed by atoms with Crippen molar-refractivity contribution >= 4 is 6.09 Å². The van der Waals surface area contributed by atoms with Crippen molar-refractivity contribution in [3.05, 3.63) is 29.8 Å². The summed E-state index contributed by atoms with van der Waals surface area (Å²) in [4.78, 5) is 12.7. The van der Waals surface area contributed by atoms with Crippen molar-refractivity contribution in [2.24, 2.45) is 0 Å². The Bertz CT molecular complexity index is 354. The molecule has 0 radical (unpaired) electrons. The summed E-state index contributed by atoms with van der Waals surface area (Å²) in [6, 6.07) is 6.65. The molecule has 16 heavy (non-hydrogen) atoms. The third-order valence-electron chi connectivity index (χ3n) is 1.96. The second-order valence-corrected chi connectivity index (χ2v) is 3.36. The molecule has 0 atom stereocenters. The summed E-state index contributed by atoms with van der Waals surface area (Å²) >= 11 is 0. The minimum atomic E-state index is -0.502. The number of amides is 1. The van der Waals surface area contributed by atoms with E-state index in [0.29, 0.717) is 6.54 Å². The Morgan fingerprint density at radius 2 is 2.25 bits per heavy atom. The zero-order chi connectivity index (χ0) is 12.0. The summed E-state index contributed by atoms with van der Waals surface area (Å²) in [6.07, 6.45) is -0.502. The molecule has 0 aromatic heterocycles. The fourth-order valence-corrected chi connectivity index (χ4v) is 1.24. The van der Waals surface area contributed by atoms with E-state index >= 15 is 0 Å². The Morgan fingerprint density at radius 3 is 2.88 bits per heavy atom. The molecule has 1 rings (SSSR count). The fourth-order valence-electron chi connectivity index (χ4n) is 1.24. The number of hydrogen-bond acceptors (Lipinski definition) is 4. The lowest BCUT2D eigenvalue weighted by atomic mass is 10.2. The maximum absolute atomic E-state index is 11.3. The highest BCUT2D eigenvalue weighted by Gasteiger charge is 2.10. The summed E-state index contributed by atoms with van der Waals surface area (Å²) in [6.45, 7) is 0.146. The van der Waals surface area contributed by atoms with Gasteiger partial charge in [0.2, 0.25) is 0 Å². The van der Waals surface area contributed by atoms with Gasteiger partial charge in [0.25, 0.3) is 0 Å². The van der Waals surface area contributed by atoms with Gasteiger partial charge in [-0.3, -0.25) is 0 Å². The van der Waals surface area contributed by atoms with Crippen LogP contribution in [0.3, 0.4) is 0 Å². The molecular formula is C11H15NO4. The van der Waals surface area contributed by atoms with Crippen molar-refractivity contribution in [1.29, 1.82) is 0 Å². The molecule has 0 aliphatic carbocycles. The average Bonchev–Trinajstić information content (AvgIpc) is 2.25. The van der Waals surface area contributed by atoms with E-state index in [9.17, 15) is 9.90 Å². The molecule has 0 aliphatic rings. The molecule has 1 aromatic carbocycles. The van der Waals surface area contributed by atoms with E-state index in [2.05, 4.69) is 0 Å². The van der Waals surface area contributed by atoms with Crippen molar-refractivity contribution in [2.45, 2.75) is 6.54 Å². The number of phenolic OH excluding ortho intramolecular Hbond substituents is 1. The highest BCUT2D eigenvalue weighted by Crippen LogP contribution is 2.12. The number of nitrogens with zero attached hydrogens (tertiary/aromatic N) is 1. The van der Waals surface area contributed by atoms with Gasteiger partial charge in [-0.1, -0.05) is 12.1 Å². The first kappa shape index (κ1) is 12.3. The average molecular weight is 225 g/mol. The standard InChI is InChI=1S/C11H15NO4/c1-12(11(15)16-6-5-13)8-9-3-2-4-10(14)7-9/h2-4,7,13-14H,5-6,8H2,1H3. The number of aliphatic hydroxyl groups excluding tert-OH is 1. The quantitative estimate of drug-likeness (QED) is 0.800. The van der Waals surface area contributed by atoms with Crippen LogP contribution in [0.25, 0.3) is 0 Å². The molecule has 2 N–H and O–H groups in total. The molecule has 5 heteroatoms. The van der Waals surface area contributed by atoms with Gasteiger partial charge in [-0.25, -0.2) is 4.79 Å². The minimum Gasteiger partial charge on any atom is -0.508 e. The highest BCUT2D eigenvalue weighted by atomic mass is 16.6. The van der Waals surface area contributed by atoms with Crippen LogP contribution in [-0.2, 0) is 11.3 Å². The fraction of sp³-hybridized carbons (Fsp3) is 0.364. The Balaban J connectivity index is 2.50. The van der Waals surface area contributed by atoms with Gasteiger partial charge >= 0.3 is 6.09 Å². The third kappa shape index (κ3) is 3.78. The summed E-state index contributed by atoms with van der Waals surface area (Å²) in [5.74, 6) is 0.162. The van der Waals surface area contributed by atoms with Crippen LogP contribution < -0.4 is 0 Å². The predicted octanol–water partition coefficient (Wildman–Crippen LogP) is 0.953. The molecule has 0 unspecified atom stereocenters. The van der Waals surface area contributed by atoms with E-state index in [-0.39, 0.29) is 19.0 Å². The van der Waals surface area contributed by atoms with E-state index in [1.165, 1.54) is 4.90 Å². The maximum atomic E-state index is 11.3. The van der Waals surface area contributed by atoms with E-state index in [4.69, 9.17) is 9.84 Å². The van der Waals surface area contributed by atoms with Gasteiger partial charge in [-0.05, 0) is 17.7 Å². The van der Waals surface area contributed by atoms with Crippen LogP contribution >= 0.6 is 0 Å². The van der Waals surface area contributed by atoms with Crippen molar-refractivity contribution in [1.82, 2.24) is 4.90 Å². The summed E-state index contributed by atoms with van der Waals surface area (Å²) in [5, 5.41) is 17.7. The number of aliphatic hydroxyl groups is 1. The lowest BCUT2D eigenvalue weighted by molar-refractivity contribution is 0.0893. The number of benzene rings is 1. The lowest BCUT2D eigenvalue weighted by Crippen LogP contribution is -2.27. The predicted molar refractivity (Wildman–Crippen MR) is 58.0 cm³/mol. The molecule has 0 saturated heterocycles. The number of hydrogen-bond donors (Lipinski definition) is 2.